The minimum atomic E-state index is -4.57. The van der Waals surface area contributed by atoms with Gasteiger partial charge >= 0.3 is 6.18 Å². The molecule has 3 aromatic rings. The molecule has 0 saturated carbocycles. The van der Waals surface area contributed by atoms with E-state index in [9.17, 15) is 18.0 Å². The van der Waals surface area contributed by atoms with Crippen molar-refractivity contribution in [1.29, 1.82) is 0 Å². The van der Waals surface area contributed by atoms with E-state index in [1.807, 2.05) is 20.2 Å². The number of allylic oxidation sites excluding steroid dienone is 1. The molecule has 1 amide bonds. The van der Waals surface area contributed by atoms with Crippen LogP contribution in [-0.4, -0.2) is 57.8 Å². The van der Waals surface area contributed by atoms with Gasteiger partial charge in [-0.15, -0.1) is 0 Å². The maximum atomic E-state index is 13.1. The Morgan fingerprint density at radius 2 is 2.08 bits per heavy atom. The number of hydrogen-bond acceptors (Lipinski definition) is 7. The molecule has 12 heteroatoms. The van der Waals surface area contributed by atoms with Gasteiger partial charge < -0.3 is 20.5 Å². The number of hydrogen-bond donors (Lipinski definition) is 3. The molecule has 9 nitrogen and oxygen atoms in total. The van der Waals surface area contributed by atoms with E-state index in [2.05, 4.69) is 48.9 Å². The van der Waals surface area contributed by atoms with Crippen LogP contribution in [0.25, 0.3) is 22.3 Å². The molecule has 1 atom stereocenters. The smallest absolute Gasteiger partial charge is 0.381 e. The number of aromatic nitrogens is 4. The summed E-state index contributed by atoms with van der Waals surface area (Å²) in [6.07, 6.45) is 4.97. The highest BCUT2D eigenvalue weighted by atomic mass is 19.4. The molecule has 4 rings (SSSR count). The molecule has 1 aliphatic heterocycles. The second-order valence-corrected chi connectivity index (χ2v) is 9.28. The molecule has 0 aromatic carbocycles. The van der Waals surface area contributed by atoms with Gasteiger partial charge in [-0.1, -0.05) is 6.08 Å². The molecule has 0 fully saturated rings. The topological polar surface area (TPSA) is 109 Å². The predicted octanol–water partition coefficient (Wildman–Crippen LogP) is 3.85. The highest BCUT2D eigenvalue weighted by Gasteiger charge is 2.32. The zero-order chi connectivity index (χ0) is 28.0. The highest BCUT2D eigenvalue weighted by molar-refractivity contribution is 5.91. The second-order valence-electron chi connectivity index (χ2n) is 9.28. The number of amides is 1. The lowest BCUT2D eigenvalue weighted by molar-refractivity contribution is -0.141. The first-order valence-corrected chi connectivity index (χ1v) is 12.6. The SMILES string of the molecule is CNC/C(=C\CCNC(=O)Cn1ccc2c(-c3ccnc(C(F)(F)F)c3)ncnc21)C1=C(C)N=CCC(C)N1. The van der Waals surface area contributed by atoms with Crippen LogP contribution in [0.1, 0.15) is 32.4 Å². The average molecular weight is 541 g/mol. The van der Waals surface area contributed by atoms with E-state index in [1.54, 1.807) is 16.8 Å². The Bertz CT molecular complexity index is 1420. The van der Waals surface area contributed by atoms with Gasteiger partial charge in [0.15, 0.2) is 0 Å². The molecule has 4 heterocycles. The number of halogens is 3. The zero-order valence-electron chi connectivity index (χ0n) is 22.0. The number of rotatable bonds is 9. The number of carbonyl (C=O) groups excluding carboxylic acids is 1. The summed E-state index contributed by atoms with van der Waals surface area (Å²) in [6.45, 7) is 5.19. The first-order chi connectivity index (χ1) is 18.7. The molecule has 1 unspecified atom stereocenters. The molecule has 1 aliphatic rings. The van der Waals surface area contributed by atoms with E-state index in [1.165, 1.54) is 12.4 Å². The molecule has 0 radical (unpaired) electrons. The van der Waals surface area contributed by atoms with Crippen molar-refractivity contribution in [3.05, 3.63) is 65.7 Å². The highest BCUT2D eigenvalue weighted by Crippen LogP contribution is 2.32. The molecule has 0 spiro atoms. The third-order valence-electron chi connectivity index (χ3n) is 6.24. The molecule has 0 saturated heterocycles. The summed E-state index contributed by atoms with van der Waals surface area (Å²) in [5, 5.41) is 10.2. The largest absolute Gasteiger partial charge is 0.433 e. The van der Waals surface area contributed by atoms with Crippen molar-refractivity contribution in [2.75, 3.05) is 20.1 Å². The van der Waals surface area contributed by atoms with Gasteiger partial charge in [0, 0.05) is 55.1 Å². The fraction of sp³-hybridized carbons (Fsp3) is 0.370. The molecule has 206 valence electrons. The van der Waals surface area contributed by atoms with Gasteiger partial charge in [0.2, 0.25) is 5.91 Å². The maximum Gasteiger partial charge on any atom is 0.433 e. The lowest BCUT2D eigenvalue weighted by atomic mass is 10.1. The van der Waals surface area contributed by atoms with Crippen LogP contribution in [0.2, 0.25) is 0 Å². The van der Waals surface area contributed by atoms with Crippen molar-refractivity contribution in [2.45, 2.75) is 45.5 Å². The van der Waals surface area contributed by atoms with Gasteiger partial charge in [0.05, 0.1) is 17.1 Å². The third-order valence-corrected chi connectivity index (χ3v) is 6.24. The van der Waals surface area contributed by atoms with Gasteiger partial charge in [-0.05, 0) is 51.1 Å². The van der Waals surface area contributed by atoms with E-state index >= 15 is 0 Å². The van der Waals surface area contributed by atoms with Crippen LogP contribution < -0.4 is 16.0 Å². The van der Waals surface area contributed by atoms with Gasteiger partial charge in [-0.2, -0.15) is 13.2 Å². The summed E-state index contributed by atoms with van der Waals surface area (Å²) < 4.78 is 41.1. The van der Waals surface area contributed by atoms with Crippen molar-refractivity contribution in [1.82, 2.24) is 35.5 Å². The Balaban J connectivity index is 1.42. The van der Waals surface area contributed by atoms with Crippen molar-refractivity contribution in [2.24, 2.45) is 4.99 Å². The Kier molecular flexibility index (Phi) is 8.75. The summed E-state index contributed by atoms with van der Waals surface area (Å²) in [5.74, 6) is -0.208. The molecule has 0 bridgehead atoms. The number of fused-ring (bicyclic) bond motifs is 1. The molecule has 0 aliphatic carbocycles. The number of pyridine rings is 1. The standard InChI is InChI=1S/C27H31F3N8O/c1-17-6-10-32-18(2)24(37-17)20(14-31-3)5-4-9-34-23(39)15-38-12-8-21-25(35-16-36-26(21)38)19-7-11-33-22(13-19)27(28,29)30/h5,7-8,10-13,16-17,31,37H,4,6,9,14-15H2,1-3H3,(H,34,39)/b20-5+. The summed E-state index contributed by atoms with van der Waals surface area (Å²) in [5.41, 5.74) is 3.07. The van der Waals surface area contributed by atoms with Gasteiger partial charge in [-0.3, -0.25) is 14.8 Å². The van der Waals surface area contributed by atoms with Crippen molar-refractivity contribution >= 4 is 23.2 Å². The van der Waals surface area contributed by atoms with Crippen LogP contribution in [0, 0.1) is 0 Å². The van der Waals surface area contributed by atoms with Gasteiger partial charge in [-0.25, -0.2) is 9.97 Å². The predicted molar refractivity (Wildman–Crippen MR) is 144 cm³/mol. The fourth-order valence-corrected chi connectivity index (χ4v) is 4.36. The van der Waals surface area contributed by atoms with E-state index in [4.69, 9.17) is 0 Å². The van der Waals surface area contributed by atoms with Gasteiger partial charge in [0.1, 0.15) is 24.2 Å². The number of aliphatic imine (C=N–C) groups is 1. The summed E-state index contributed by atoms with van der Waals surface area (Å²) in [4.78, 5) is 29.1. The Morgan fingerprint density at radius 1 is 1.26 bits per heavy atom. The molecule has 39 heavy (non-hydrogen) atoms. The minimum absolute atomic E-state index is 0.00916. The maximum absolute atomic E-state index is 13.1. The van der Waals surface area contributed by atoms with Crippen LogP contribution in [0.15, 0.2) is 65.0 Å². The summed E-state index contributed by atoms with van der Waals surface area (Å²) in [7, 11) is 1.88. The fourth-order valence-electron chi connectivity index (χ4n) is 4.36. The zero-order valence-corrected chi connectivity index (χ0v) is 22.0. The first-order valence-electron chi connectivity index (χ1n) is 12.6. The number of alkyl halides is 3. The molecular formula is C27H31F3N8O. The lowest BCUT2D eigenvalue weighted by Crippen LogP contribution is -2.29. The first kappa shape index (κ1) is 28.0. The Hall–Kier alpha value is -4.06. The molecular weight excluding hydrogens is 509 g/mol. The van der Waals surface area contributed by atoms with Crippen LogP contribution in [0.3, 0.4) is 0 Å². The van der Waals surface area contributed by atoms with E-state index < -0.39 is 11.9 Å². The summed E-state index contributed by atoms with van der Waals surface area (Å²) >= 11 is 0. The number of likely N-dealkylation sites (N-methyl/N-ethyl adjacent to an activating group) is 1. The van der Waals surface area contributed by atoms with Crippen LogP contribution in [0.4, 0.5) is 13.2 Å². The quantitative estimate of drug-likeness (QED) is 0.356. The Labute approximate surface area is 224 Å². The third kappa shape index (κ3) is 6.88. The molecule has 3 N–H and O–H groups in total. The second kappa shape index (κ2) is 12.2. The number of carbonyl (C=O) groups is 1. The van der Waals surface area contributed by atoms with E-state index in [0.717, 1.165) is 35.7 Å². The average Bonchev–Trinajstić information content (AvgIpc) is 3.23. The van der Waals surface area contributed by atoms with Crippen molar-refractivity contribution in [3.63, 3.8) is 0 Å². The summed E-state index contributed by atoms with van der Waals surface area (Å²) in [6, 6.07) is 4.38. The van der Waals surface area contributed by atoms with Crippen LogP contribution in [-0.2, 0) is 17.5 Å². The van der Waals surface area contributed by atoms with E-state index in [0.29, 0.717) is 36.2 Å². The minimum Gasteiger partial charge on any atom is -0.381 e. The van der Waals surface area contributed by atoms with Crippen molar-refractivity contribution in [3.8, 4) is 11.3 Å². The van der Waals surface area contributed by atoms with Crippen LogP contribution >= 0.6 is 0 Å². The van der Waals surface area contributed by atoms with Crippen LogP contribution in [0.5, 0.6) is 0 Å². The lowest BCUT2D eigenvalue weighted by Gasteiger charge is -2.19. The normalized spacial score (nSPS) is 16.4. The van der Waals surface area contributed by atoms with E-state index in [-0.39, 0.29) is 24.1 Å². The monoisotopic (exact) mass is 540 g/mol. The van der Waals surface area contributed by atoms with Crippen molar-refractivity contribution < 1.29 is 18.0 Å². The molecule has 3 aromatic heterocycles. The Morgan fingerprint density at radius 3 is 2.85 bits per heavy atom. The number of nitrogens with one attached hydrogen (secondary N) is 3. The van der Waals surface area contributed by atoms with Gasteiger partial charge in [0.25, 0.3) is 0 Å². The number of nitrogens with zero attached hydrogens (tertiary/aromatic N) is 5.